The van der Waals surface area contributed by atoms with E-state index >= 15 is 0 Å². The second-order valence-electron chi connectivity index (χ2n) is 8.51. The number of anilines is 2. The number of hydrogen-bond donors (Lipinski definition) is 1. The number of likely N-dealkylation sites (N-methyl/N-ethyl adjacent to an activating group) is 1. The van der Waals surface area contributed by atoms with Crippen molar-refractivity contribution in [1.82, 2.24) is 24.6 Å². The Morgan fingerprint density at radius 1 is 1.26 bits per heavy atom. The Balaban J connectivity index is 0.00000272. The molecule has 1 unspecified atom stereocenters. The van der Waals surface area contributed by atoms with E-state index in [1.807, 2.05) is 20.8 Å². The zero-order valence-electron chi connectivity index (χ0n) is 18.5. The van der Waals surface area contributed by atoms with Crippen LogP contribution in [-0.4, -0.2) is 45.4 Å². The Morgan fingerprint density at radius 3 is 2.74 bits per heavy atom. The first-order valence-electron chi connectivity index (χ1n) is 10.1. The Kier molecular flexibility index (Phi) is 6.39. The number of hydrogen-bond acceptors (Lipinski definition) is 7. The number of halogens is 1. The summed E-state index contributed by atoms with van der Waals surface area (Å²) in [6.45, 7) is 7.74. The highest BCUT2D eigenvalue weighted by Crippen LogP contribution is 2.34. The van der Waals surface area contributed by atoms with Crippen LogP contribution in [0.4, 0.5) is 11.6 Å². The minimum Gasteiger partial charge on any atom is -0.495 e. The van der Waals surface area contributed by atoms with E-state index in [2.05, 4.69) is 45.5 Å². The lowest BCUT2D eigenvalue weighted by atomic mass is 9.87. The quantitative estimate of drug-likeness (QED) is 0.637. The number of nitriles is 1. The molecule has 0 fully saturated rings. The Bertz CT molecular complexity index is 1130. The number of aromatic nitrogens is 4. The maximum absolute atomic E-state index is 9.50. The summed E-state index contributed by atoms with van der Waals surface area (Å²) in [6.07, 6.45) is 4.49. The highest BCUT2D eigenvalue weighted by atomic mass is 35.5. The first-order valence-corrected chi connectivity index (χ1v) is 10.1. The predicted octanol–water partition coefficient (Wildman–Crippen LogP) is 4.10. The predicted molar refractivity (Wildman–Crippen MR) is 123 cm³/mol. The molecule has 1 aliphatic rings. The molecular weight excluding hydrogens is 414 g/mol. The molecule has 2 aromatic heterocycles. The van der Waals surface area contributed by atoms with Gasteiger partial charge in [-0.3, -0.25) is 0 Å². The van der Waals surface area contributed by atoms with Crippen molar-refractivity contribution in [2.24, 2.45) is 5.41 Å². The van der Waals surface area contributed by atoms with E-state index in [9.17, 15) is 5.26 Å². The van der Waals surface area contributed by atoms with E-state index < -0.39 is 5.41 Å². The molecule has 0 spiro atoms. The van der Waals surface area contributed by atoms with Crippen molar-refractivity contribution in [3.63, 3.8) is 0 Å². The first kappa shape index (κ1) is 22.8. The van der Waals surface area contributed by atoms with E-state index in [0.29, 0.717) is 11.6 Å². The van der Waals surface area contributed by atoms with E-state index in [-0.39, 0.29) is 18.4 Å². The fourth-order valence-electron chi connectivity index (χ4n) is 3.69. The minimum absolute atomic E-state index is 0. The van der Waals surface area contributed by atoms with E-state index in [1.165, 1.54) is 11.1 Å². The minimum atomic E-state index is -0.578. The Morgan fingerprint density at radius 2 is 2.03 bits per heavy atom. The summed E-state index contributed by atoms with van der Waals surface area (Å²) >= 11 is 0. The molecule has 1 atom stereocenters. The summed E-state index contributed by atoms with van der Waals surface area (Å²) in [4.78, 5) is 11.5. The van der Waals surface area contributed by atoms with Crippen molar-refractivity contribution in [3.05, 3.63) is 35.7 Å². The second kappa shape index (κ2) is 8.69. The molecular formula is C22H28ClN7O. The SMILES string of the molecule is COc1cc2c(cc1Nc1ncc3cnn(C(C)C(C)(C)C#N)c3n1)CN(C)CC2.Cl. The number of fused-ring (bicyclic) bond motifs is 2. The van der Waals surface area contributed by atoms with Crippen LogP contribution in [0.5, 0.6) is 5.75 Å². The van der Waals surface area contributed by atoms with Crippen LogP contribution in [0.2, 0.25) is 0 Å². The largest absolute Gasteiger partial charge is 0.495 e. The molecule has 0 radical (unpaired) electrons. The molecule has 3 aromatic rings. The van der Waals surface area contributed by atoms with Gasteiger partial charge < -0.3 is 15.0 Å². The van der Waals surface area contributed by atoms with Crippen LogP contribution in [-0.2, 0) is 13.0 Å². The second-order valence-corrected chi connectivity index (χ2v) is 8.51. The van der Waals surface area contributed by atoms with Gasteiger partial charge in [0.2, 0.25) is 5.95 Å². The molecule has 4 rings (SSSR count). The number of ether oxygens (including phenoxy) is 1. The van der Waals surface area contributed by atoms with Crippen LogP contribution in [0.3, 0.4) is 0 Å². The molecule has 1 aliphatic heterocycles. The van der Waals surface area contributed by atoms with E-state index in [4.69, 9.17) is 9.72 Å². The van der Waals surface area contributed by atoms with Crippen LogP contribution < -0.4 is 10.1 Å². The smallest absolute Gasteiger partial charge is 0.229 e. The lowest BCUT2D eigenvalue weighted by Crippen LogP contribution is -2.26. The zero-order chi connectivity index (χ0) is 21.5. The van der Waals surface area contributed by atoms with Gasteiger partial charge in [-0.2, -0.15) is 15.3 Å². The summed E-state index contributed by atoms with van der Waals surface area (Å²) in [5, 5.41) is 18.1. The van der Waals surface area contributed by atoms with Gasteiger partial charge in [0.25, 0.3) is 0 Å². The Hall–Kier alpha value is -2.89. The molecule has 8 nitrogen and oxygen atoms in total. The average Bonchev–Trinajstić information content (AvgIpc) is 3.15. The van der Waals surface area contributed by atoms with Gasteiger partial charge in [-0.05, 0) is 57.5 Å². The van der Waals surface area contributed by atoms with Gasteiger partial charge in [0.1, 0.15) is 5.75 Å². The molecule has 0 amide bonds. The molecule has 164 valence electrons. The highest BCUT2D eigenvalue weighted by Gasteiger charge is 2.29. The third-order valence-corrected chi connectivity index (χ3v) is 6.00. The number of benzene rings is 1. The monoisotopic (exact) mass is 441 g/mol. The normalized spacial score (nSPS) is 15.0. The van der Waals surface area contributed by atoms with Gasteiger partial charge in [0.05, 0.1) is 41.9 Å². The van der Waals surface area contributed by atoms with E-state index in [1.54, 1.807) is 24.2 Å². The topological polar surface area (TPSA) is 91.9 Å². The zero-order valence-corrected chi connectivity index (χ0v) is 19.3. The highest BCUT2D eigenvalue weighted by molar-refractivity contribution is 5.85. The molecule has 0 saturated heterocycles. The van der Waals surface area contributed by atoms with Crippen molar-refractivity contribution in [2.75, 3.05) is 26.0 Å². The van der Waals surface area contributed by atoms with Crippen LogP contribution in [0.15, 0.2) is 24.5 Å². The molecule has 0 saturated carbocycles. The van der Waals surface area contributed by atoms with Crippen molar-refractivity contribution in [2.45, 2.75) is 39.8 Å². The third-order valence-electron chi connectivity index (χ3n) is 6.00. The van der Waals surface area contributed by atoms with Gasteiger partial charge in [0, 0.05) is 19.3 Å². The molecule has 9 heteroatoms. The number of methoxy groups -OCH3 is 1. The lowest BCUT2D eigenvalue weighted by molar-refractivity contribution is 0.299. The number of nitrogens with one attached hydrogen (secondary N) is 1. The Labute approximate surface area is 188 Å². The van der Waals surface area contributed by atoms with Gasteiger partial charge in [-0.15, -0.1) is 12.4 Å². The maximum atomic E-state index is 9.50. The number of rotatable bonds is 5. The summed E-state index contributed by atoms with van der Waals surface area (Å²) in [5.74, 6) is 1.24. The van der Waals surface area contributed by atoms with Gasteiger partial charge in [-0.25, -0.2) is 9.67 Å². The van der Waals surface area contributed by atoms with Gasteiger partial charge >= 0.3 is 0 Å². The number of nitrogens with zero attached hydrogens (tertiary/aromatic N) is 6. The molecule has 1 aromatic carbocycles. The van der Waals surface area contributed by atoms with Gasteiger partial charge in [-0.1, -0.05) is 0 Å². The van der Waals surface area contributed by atoms with Crippen LogP contribution >= 0.6 is 12.4 Å². The lowest BCUT2D eigenvalue weighted by Gasteiger charge is -2.26. The van der Waals surface area contributed by atoms with Crippen molar-refractivity contribution >= 4 is 35.1 Å². The van der Waals surface area contributed by atoms with Crippen LogP contribution in [0.25, 0.3) is 11.0 Å². The van der Waals surface area contributed by atoms with Crippen LogP contribution in [0, 0.1) is 16.7 Å². The molecule has 0 bridgehead atoms. The fourth-order valence-corrected chi connectivity index (χ4v) is 3.69. The average molecular weight is 442 g/mol. The summed E-state index contributed by atoms with van der Waals surface area (Å²) in [6, 6.07) is 6.44. The van der Waals surface area contributed by atoms with E-state index in [0.717, 1.165) is 36.3 Å². The van der Waals surface area contributed by atoms with Crippen molar-refractivity contribution in [3.8, 4) is 11.8 Å². The summed E-state index contributed by atoms with van der Waals surface area (Å²) < 4.78 is 7.41. The van der Waals surface area contributed by atoms with Gasteiger partial charge in [0.15, 0.2) is 5.65 Å². The van der Waals surface area contributed by atoms with Crippen molar-refractivity contribution in [1.29, 1.82) is 5.26 Å². The fraction of sp³-hybridized carbons (Fsp3) is 0.455. The summed E-state index contributed by atoms with van der Waals surface area (Å²) in [5.41, 5.74) is 3.55. The third kappa shape index (κ3) is 4.29. The summed E-state index contributed by atoms with van der Waals surface area (Å²) in [7, 11) is 3.80. The standard InChI is InChI=1S/C22H27N7O.ClH/c1-14(22(2,3)13-23)29-20-17(11-25-29)10-24-21(27-20)26-18-8-16-12-28(4)7-6-15(16)9-19(18)30-5;/h8-11,14H,6-7,12H2,1-5H3,(H,24,26,27);1H. The van der Waals surface area contributed by atoms with Crippen LogP contribution in [0.1, 0.15) is 37.9 Å². The molecule has 3 heterocycles. The molecule has 31 heavy (non-hydrogen) atoms. The van der Waals surface area contributed by atoms with Crippen molar-refractivity contribution < 1.29 is 4.74 Å². The first-order chi connectivity index (χ1) is 14.3. The maximum Gasteiger partial charge on any atom is 0.229 e. The molecule has 0 aliphatic carbocycles. The molecule has 1 N–H and O–H groups in total.